The Bertz CT molecular complexity index is 627. The van der Waals surface area contributed by atoms with Crippen molar-refractivity contribution in [2.24, 2.45) is 0 Å². The number of hydrogen-bond donors (Lipinski definition) is 1. The van der Waals surface area contributed by atoms with Crippen LogP contribution in [0.5, 0.6) is 0 Å². The maximum atomic E-state index is 11.1. The molecule has 0 bridgehead atoms. The molecule has 7 heteroatoms. The predicted molar refractivity (Wildman–Crippen MR) is 72.3 cm³/mol. The Morgan fingerprint density at radius 2 is 2.37 bits per heavy atom. The standard InChI is InChI=1S/C12H13BrN4O2/c13-10-6-11-14-4-3-9(17(11)15-10)8-2-1-5-16(7-8)12(18)19/h3-4,6,8H,1-2,5,7H2,(H,18,19)/t8-/m0/s1. The number of nitrogens with zero attached hydrogens (tertiary/aromatic N) is 4. The Kier molecular flexibility index (Phi) is 3.14. The molecule has 1 fully saturated rings. The van der Waals surface area contributed by atoms with Crippen molar-refractivity contribution in [2.45, 2.75) is 18.8 Å². The Hall–Kier alpha value is -1.63. The number of piperidine rings is 1. The van der Waals surface area contributed by atoms with Gasteiger partial charge in [-0.1, -0.05) is 0 Å². The number of carbonyl (C=O) groups is 1. The third-order valence-corrected chi connectivity index (χ3v) is 3.86. The van der Waals surface area contributed by atoms with E-state index in [1.165, 1.54) is 4.90 Å². The largest absolute Gasteiger partial charge is 0.465 e. The van der Waals surface area contributed by atoms with Crippen molar-refractivity contribution in [2.75, 3.05) is 13.1 Å². The highest BCUT2D eigenvalue weighted by Crippen LogP contribution is 2.27. The fraction of sp³-hybridized carbons (Fsp3) is 0.417. The minimum Gasteiger partial charge on any atom is -0.465 e. The number of hydrogen-bond acceptors (Lipinski definition) is 3. The minimum absolute atomic E-state index is 0.169. The van der Waals surface area contributed by atoms with Crippen LogP contribution in [0.25, 0.3) is 5.65 Å². The first-order chi connectivity index (χ1) is 9.15. The molecule has 2 aromatic rings. The van der Waals surface area contributed by atoms with Gasteiger partial charge in [0.2, 0.25) is 0 Å². The van der Waals surface area contributed by atoms with E-state index >= 15 is 0 Å². The van der Waals surface area contributed by atoms with Crippen LogP contribution in [0.15, 0.2) is 22.9 Å². The van der Waals surface area contributed by atoms with Crippen molar-refractivity contribution < 1.29 is 9.90 Å². The van der Waals surface area contributed by atoms with Crippen LogP contribution in [-0.2, 0) is 0 Å². The second kappa shape index (κ2) is 4.80. The van der Waals surface area contributed by atoms with Gasteiger partial charge in [0, 0.05) is 31.3 Å². The lowest BCUT2D eigenvalue weighted by molar-refractivity contribution is 0.130. The normalized spacial score (nSPS) is 19.8. The third-order valence-electron chi connectivity index (χ3n) is 3.47. The summed E-state index contributed by atoms with van der Waals surface area (Å²) in [6.45, 7) is 1.13. The Morgan fingerprint density at radius 3 is 3.16 bits per heavy atom. The molecule has 0 aromatic carbocycles. The van der Waals surface area contributed by atoms with Crippen LogP contribution >= 0.6 is 15.9 Å². The van der Waals surface area contributed by atoms with Gasteiger partial charge in [-0.2, -0.15) is 5.10 Å². The molecule has 0 unspecified atom stereocenters. The maximum absolute atomic E-state index is 11.1. The fourth-order valence-electron chi connectivity index (χ4n) is 2.59. The van der Waals surface area contributed by atoms with E-state index in [1.807, 2.05) is 12.1 Å². The molecule has 6 nitrogen and oxygen atoms in total. The lowest BCUT2D eigenvalue weighted by atomic mass is 9.95. The van der Waals surface area contributed by atoms with Gasteiger partial charge in [0.15, 0.2) is 5.65 Å². The molecule has 2 aromatic heterocycles. The molecule has 0 aliphatic carbocycles. The van der Waals surface area contributed by atoms with Crippen LogP contribution in [-0.4, -0.2) is 43.8 Å². The molecule has 0 saturated carbocycles. The molecular formula is C12H13BrN4O2. The smallest absolute Gasteiger partial charge is 0.407 e. The summed E-state index contributed by atoms with van der Waals surface area (Å²) >= 11 is 3.34. The van der Waals surface area contributed by atoms with E-state index in [0.29, 0.717) is 13.1 Å². The lowest BCUT2D eigenvalue weighted by Crippen LogP contribution is -2.38. The van der Waals surface area contributed by atoms with Crippen molar-refractivity contribution in [1.82, 2.24) is 19.5 Å². The molecule has 1 atom stereocenters. The van der Waals surface area contributed by atoms with Gasteiger partial charge in [-0.25, -0.2) is 14.3 Å². The number of amides is 1. The van der Waals surface area contributed by atoms with Gasteiger partial charge in [0.1, 0.15) is 4.60 Å². The Balaban J connectivity index is 1.97. The summed E-state index contributed by atoms with van der Waals surface area (Å²) in [4.78, 5) is 16.8. The number of carboxylic acid groups (broad SMARTS) is 1. The first-order valence-corrected chi connectivity index (χ1v) is 6.92. The second-order valence-electron chi connectivity index (χ2n) is 4.67. The van der Waals surface area contributed by atoms with Crippen molar-refractivity contribution in [3.63, 3.8) is 0 Å². The number of fused-ring (bicyclic) bond motifs is 1. The summed E-state index contributed by atoms with van der Waals surface area (Å²) < 4.78 is 2.53. The average Bonchev–Trinajstić information content (AvgIpc) is 2.78. The summed E-state index contributed by atoms with van der Waals surface area (Å²) in [5.74, 6) is 0.169. The number of halogens is 1. The van der Waals surface area contributed by atoms with Gasteiger partial charge in [0.25, 0.3) is 0 Å². The van der Waals surface area contributed by atoms with Gasteiger partial charge in [0.05, 0.1) is 5.69 Å². The van der Waals surface area contributed by atoms with E-state index in [1.54, 1.807) is 10.7 Å². The maximum Gasteiger partial charge on any atom is 0.407 e. The summed E-state index contributed by atoms with van der Waals surface area (Å²) in [5.41, 5.74) is 1.79. The molecule has 3 rings (SSSR count). The zero-order valence-electron chi connectivity index (χ0n) is 10.2. The van der Waals surface area contributed by atoms with E-state index < -0.39 is 6.09 Å². The summed E-state index contributed by atoms with van der Waals surface area (Å²) in [5, 5.41) is 13.5. The minimum atomic E-state index is -0.850. The number of rotatable bonds is 1. The monoisotopic (exact) mass is 324 g/mol. The molecule has 3 heterocycles. The quantitative estimate of drug-likeness (QED) is 0.874. The summed E-state index contributed by atoms with van der Waals surface area (Å²) in [6, 6.07) is 3.77. The molecular weight excluding hydrogens is 312 g/mol. The van der Waals surface area contributed by atoms with Gasteiger partial charge >= 0.3 is 6.09 Å². The van der Waals surface area contributed by atoms with Crippen LogP contribution < -0.4 is 0 Å². The van der Waals surface area contributed by atoms with Crippen LogP contribution in [0, 0.1) is 0 Å². The van der Waals surface area contributed by atoms with Crippen molar-refractivity contribution in [3.8, 4) is 0 Å². The van der Waals surface area contributed by atoms with Crippen molar-refractivity contribution in [3.05, 3.63) is 28.6 Å². The van der Waals surface area contributed by atoms with E-state index in [0.717, 1.165) is 28.8 Å². The van der Waals surface area contributed by atoms with E-state index in [9.17, 15) is 4.79 Å². The zero-order valence-corrected chi connectivity index (χ0v) is 11.7. The SMILES string of the molecule is O=C(O)N1CCC[C@H](c2ccnc3cc(Br)nn23)C1. The highest BCUT2D eigenvalue weighted by molar-refractivity contribution is 9.10. The van der Waals surface area contributed by atoms with Gasteiger partial charge in [-0.05, 0) is 34.8 Å². The molecule has 0 radical (unpaired) electrons. The molecule has 1 saturated heterocycles. The number of aromatic nitrogens is 3. The zero-order chi connectivity index (χ0) is 13.4. The van der Waals surface area contributed by atoms with Crippen molar-refractivity contribution >= 4 is 27.7 Å². The molecule has 0 spiro atoms. The first kappa shape index (κ1) is 12.4. The molecule has 1 amide bonds. The number of likely N-dealkylation sites (tertiary alicyclic amines) is 1. The second-order valence-corrected chi connectivity index (χ2v) is 5.49. The Labute approximate surface area is 118 Å². The van der Waals surface area contributed by atoms with Gasteiger partial charge in [-0.15, -0.1) is 0 Å². The lowest BCUT2D eigenvalue weighted by Gasteiger charge is -2.30. The molecule has 1 N–H and O–H groups in total. The topological polar surface area (TPSA) is 70.7 Å². The van der Waals surface area contributed by atoms with E-state index in [-0.39, 0.29) is 5.92 Å². The van der Waals surface area contributed by atoms with Gasteiger partial charge < -0.3 is 10.0 Å². The summed E-state index contributed by atoms with van der Waals surface area (Å²) in [6.07, 6.45) is 2.75. The van der Waals surface area contributed by atoms with E-state index in [2.05, 4.69) is 26.0 Å². The predicted octanol–water partition coefficient (Wildman–Crippen LogP) is 2.35. The Morgan fingerprint density at radius 1 is 1.53 bits per heavy atom. The average molecular weight is 325 g/mol. The molecule has 1 aliphatic rings. The highest BCUT2D eigenvalue weighted by atomic mass is 79.9. The summed E-state index contributed by atoms with van der Waals surface area (Å²) in [7, 11) is 0. The van der Waals surface area contributed by atoms with Gasteiger partial charge in [-0.3, -0.25) is 0 Å². The third kappa shape index (κ3) is 2.30. The molecule has 19 heavy (non-hydrogen) atoms. The van der Waals surface area contributed by atoms with Crippen LogP contribution in [0.3, 0.4) is 0 Å². The molecule has 100 valence electrons. The van der Waals surface area contributed by atoms with E-state index in [4.69, 9.17) is 5.11 Å². The van der Waals surface area contributed by atoms with Crippen LogP contribution in [0.1, 0.15) is 24.5 Å². The first-order valence-electron chi connectivity index (χ1n) is 6.13. The van der Waals surface area contributed by atoms with Crippen LogP contribution in [0.2, 0.25) is 0 Å². The van der Waals surface area contributed by atoms with Crippen molar-refractivity contribution in [1.29, 1.82) is 0 Å². The van der Waals surface area contributed by atoms with Crippen LogP contribution in [0.4, 0.5) is 4.79 Å². The fourth-order valence-corrected chi connectivity index (χ4v) is 2.95. The highest BCUT2D eigenvalue weighted by Gasteiger charge is 2.26. The molecule has 1 aliphatic heterocycles.